The maximum atomic E-state index is 13.0. The summed E-state index contributed by atoms with van der Waals surface area (Å²) in [5, 5.41) is 25.4. The van der Waals surface area contributed by atoms with Gasteiger partial charge in [0.05, 0.1) is 12.4 Å². The smallest absolute Gasteiger partial charge is 0.322 e. The van der Waals surface area contributed by atoms with Crippen LogP contribution in [0.5, 0.6) is 5.75 Å². The van der Waals surface area contributed by atoms with Gasteiger partial charge in [0.25, 0.3) is 0 Å². The van der Waals surface area contributed by atoms with Gasteiger partial charge in [0.1, 0.15) is 24.4 Å². The molecule has 3 unspecified atom stereocenters. The number of benzene rings is 1. The van der Waals surface area contributed by atoms with E-state index in [0.717, 1.165) is 0 Å². The number of nitrogens with zero attached hydrogens (tertiary/aromatic N) is 1. The van der Waals surface area contributed by atoms with Crippen LogP contribution in [0, 0.1) is 0 Å². The third kappa shape index (κ3) is 9.42. The summed E-state index contributed by atoms with van der Waals surface area (Å²) in [6.07, 6.45) is 2.46. The number of aliphatic carboxylic acids is 1. The molecule has 1 heterocycles. The highest BCUT2D eigenvalue weighted by Crippen LogP contribution is 2.11. The molecule has 0 bridgehead atoms. The Hall–Kier alpha value is -4.46. The van der Waals surface area contributed by atoms with Crippen molar-refractivity contribution in [3.8, 4) is 5.75 Å². The van der Waals surface area contributed by atoms with Gasteiger partial charge in [0.2, 0.25) is 23.6 Å². The number of rotatable bonds is 14. The molecular formula is C22H29N7O7. The molecule has 2 rings (SSSR count). The Morgan fingerprint density at radius 1 is 0.972 bits per heavy atom. The highest BCUT2D eigenvalue weighted by Gasteiger charge is 2.29. The van der Waals surface area contributed by atoms with E-state index in [0.29, 0.717) is 11.3 Å². The lowest BCUT2D eigenvalue weighted by atomic mass is 10.0. The second-order valence-electron chi connectivity index (χ2n) is 8.00. The van der Waals surface area contributed by atoms with Crippen LogP contribution in [0.3, 0.4) is 0 Å². The van der Waals surface area contributed by atoms with Crippen molar-refractivity contribution in [2.75, 3.05) is 6.54 Å². The second kappa shape index (κ2) is 13.4. The van der Waals surface area contributed by atoms with Crippen LogP contribution in [0.15, 0.2) is 36.8 Å². The Morgan fingerprint density at radius 2 is 1.64 bits per heavy atom. The van der Waals surface area contributed by atoms with E-state index in [1.54, 1.807) is 12.1 Å². The third-order valence-corrected chi connectivity index (χ3v) is 5.07. The Kier molecular flexibility index (Phi) is 10.4. The number of aromatic nitrogens is 2. The van der Waals surface area contributed by atoms with E-state index in [2.05, 4.69) is 25.9 Å². The summed E-state index contributed by atoms with van der Waals surface area (Å²) >= 11 is 0. The Balaban J connectivity index is 2.11. The molecule has 14 nitrogen and oxygen atoms in total. The molecule has 0 aliphatic rings. The molecule has 0 aliphatic carbocycles. The van der Waals surface area contributed by atoms with Gasteiger partial charge >= 0.3 is 5.97 Å². The van der Waals surface area contributed by atoms with Gasteiger partial charge < -0.3 is 42.6 Å². The minimum atomic E-state index is -1.27. The average molecular weight is 504 g/mol. The lowest BCUT2D eigenvalue weighted by Crippen LogP contribution is -2.56. The Labute approximate surface area is 205 Å². The molecule has 0 saturated heterocycles. The van der Waals surface area contributed by atoms with E-state index < -0.39 is 54.3 Å². The number of nitrogens with two attached hydrogens (primary N) is 2. The predicted octanol–water partition coefficient (Wildman–Crippen LogP) is -2.34. The van der Waals surface area contributed by atoms with E-state index in [4.69, 9.17) is 16.6 Å². The van der Waals surface area contributed by atoms with Crippen molar-refractivity contribution in [1.82, 2.24) is 25.9 Å². The summed E-state index contributed by atoms with van der Waals surface area (Å²) < 4.78 is 0. The number of hydrogen-bond donors (Lipinski definition) is 8. The second-order valence-corrected chi connectivity index (χ2v) is 8.00. The first-order valence-electron chi connectivity index (χ1n) is 10.9. The number of carboxylic acids is 1. The molecule has 14 heteroatoms. The lowest BCUT2D eigenvalue weighted by Gasteiger charge is -2.24. The number of primary amides is 1. The van der Waals surface area contributed by atoms with Gasteiger partial charge in [-0.2, -0.15) is 0 Å². The van der Waals surface area contributed by atoms with Crippen molar-refractivity contribution < 1.29 is 34.2 Å². The predicted molar refractivity (Wildman–Crippen MR) is 125 cm³/mol. The van der Waals surface area contributed by atoms with E-state index in [-0.39, 0.29) is 31.4 Å². The number of phenols is 1. The maximum Gasteiger partial charge on any atom is 0.322 e. The summed E-state index contributed by atoms with van der Waals surface area (Å²) in [5.74, 6) is -4.18. The van der Waals surface area contributed by atoms with E-state index in [9.17, 15) is 29.1 Å². The first-order chi connectivity index (χ1) is 17.0. The molecule has 194 valence electrons. The molecule has 0 fully saturated rings. The van der Waals surface area contributed by atoms with Gasteiger partial charge in [0.15, 0.2) is 0 Å². The van der Waals surface area contributed by atoms with Crippen LogP contribution in [0.1, 0.15) is 24.1 Å². The fourth-order valence-electron chi connectivity index (χ4n) is 3.20. The number of hydrogen-bond acceptors (Lipinski definition) is 8. The first-order valence-corrected chi connectivity index (χ1v) is 10.9. The number of carboxylic acid groups (broad SMARTS) is 1. The minimum absolute atomic E-state index is 0.0476. The zero-order chi connectivity index (χ0) is 26.7. The highest BCUT2D eigenvalue weighted by molar-refractivity contribution is 5.94. The molecule has 36 heavy (non-hydrogen) atoms. The summed E-state index contributed by atoms with van der Waals surface area (Å²) in [6.45, 7) is -0.665. The van der Waals surface area contributed by atoms with Crippen LogP contribution in [-0.4, -0.2) is 74.4 Å². The maximum absolute atomic E-state index is 13.0. The van der Waals surface area contributed by atoms with Gasteiger partial charge in [-0.25, -0.2) is 4.98 Å². The minimum Gasteiger partial charge on any atom is -0.508 e. The van der Waals surface area contributed by atoms with Crippen molar-refractivity contribution in [1.29, 1.82) is 0 Å². The largest absolute Gasteiger partial charge is 0.508 e. The van der Waals surface area contributed by atoms with Gasteiger partial charge in [-0.1, -0.05) is 12.1 Å². The van der Waals surface area contributed by atoms with Gasteiger partial charge in [0, 0.05) is 24.7 Å². The van der Waals surface area contributed by atoms with Crippen LogP contribution in [0.25, 0.3) is 0 Å². The quantitative estimate of drug-likeness (QED) is 0.137. The summed E-state index contributed by atoms with van der Waals surface area (Å²) in [6, 6.07) is 2.54. The van der Waals surface area contributed by atoms with Crippen molar-refractivity contribution in [3.63, 3.8) is 0 Å². The van der Waals surface area contributed by atoms with Crippen LogP contribution in [0.4, 0.5) is 0 Å². The third-order valence-electron chi connectivity index (χ3n) is 5.07. The number of amides is 4. The van der Waals surface area contributed by atoms with Gasteiger partial charge in [-0.05, 0) is 30.5 Å². The number of phenolic OH excluding ortho intramolecular Hbond substituents is 1. The number of imidazole rings is 1. The average Bonchev–Trinajstić information content (AvgIpc) is 3.33. The fraction of sp³-hybridized carbons (Fsp3) is 0.364. The molecule has 0 radical (unpaired) electrons. The SMILES string of the molecule is NC(=O)CCC(NC(=O)C(N)Cc1ccc(O)cc1)C(=O)NC(Cc1cnc[nH]1)C(=O)NCC(=O)O. The standard InChI is InChI=1S/C22H29N7O7/c23-15(7-12-1-3-14(30)4-2-12)20(34)28-16(5-6-18(24)31)22(36)29-17(8-13-9-25-11-27-13)21(35)26-10-19(32)33/h1-4,9,11,15-17,30H,5-8,10,23H2,(H2,24,31)(H,25,27)(H,26,35)(H,28,34)(H,29,36)(H,32,33). The Bertz CT molecular complexity index is 1060. The number of nitrogens with one attached hydrogen (secondary N) is 4. The number of aromatic hydroxyl groups is 1. The topological polar surface area (TPSA) is 243 Å². The van der Waals surface area contributed by atoms with Crippen molar-refractivity contribution in [3.05, 3.63) is 48.0 Å². The molecule has 1 aromatic heterocycles. The molecule has 0 saturated carbocycles. The van der Waals surface area contributed by atoms with Crippen LogP contribution >= 0.6 is 0 Å². The first kappa shape index (κ1) is 27.8. The molecule has 0 spiro atoms. The number of H-pyrrole nitrogens is 1. The zero-order valence-corrected chi connectivity index (χ0v) is 19.3. The monoisotopic (exact) mass is 503 g/mol. The van der Waals surface area contributed by atoms with Gasteiger partial charge in [-0.3, -0.25) is 24.0 Å². The summed E-state index contributed by atoms with van der Waals surface area (Å²) in [5.41, 5.74) is 12.3. The molecule has 1 aromatic carbocycles. The normalized spacial score (nSPS) is 13.1. The molecule has 2 aromatic rings. The molecule has 3 atom stereocenters. The van der Waals surface area contributed by atoms with E-state index in [1.807, 2.05) is 0 Å². The van der Waals surface area contributed by atoms with Crippen molar-refractivity contribution in [2.45, 2.75) is 43.8 Å². The summed E-state index contributed by atoms with van der Waals surface area (Å²) in [4.78, 5) is 67.0. The van der Waals surface area contributed by atoms with Crippen molar-refractivity contribution in [2.24, 2.45) is 11.5 Å². The summed E-state index contributed by atoms with van der Waals surface area (Å²) in [7, 11) is 0. The molecular weight excluding hydrogens is 474 g/mol. The number of carbonyl (C=O) groups is 5. The van der Waals surface area contributed by atoms with Crippen LogP contribution in [-0.2, 0) is 36.8 Å². The van der Waals surface area contributed by atoms with Crippen LogP contribution in [0.2, 0.25) is 0 Å². The van der Waals surface area contributed by atoms with Gasteiger partial charge in [-0.15, -0.1) is 0 Å². The molecule has 10 N–H and O–H groups in total. The van der Waals surface area contributed by atoms with E-state index in [1.165, 1.54) is 24.7 Å². The molecule has 4 amide bonds. The Morgan fingerprint density at radius 3 is 2.22 bits per heavy atom. The fourth-order valence-corrected chi connectivity index (χ4v) is 3.20. The van der Waals surface area contributed by atoms with Crippen LogP contribution < -0.4 is 27.4 Å². The number of carbonyl (C=O) groups excluding carboxylic acids is 4. The van der Waals surface area contributed by atoms with Crippen molar-refractivity contribution >= 4 is 29.6 Å². The molecule has 0 aliphatic heterocycles. The zero-order valence-electron chi connectivity index (χ0n) is 19.3. The lowest BCUT2D eigenvalue weighted by molar-refractivity contribution is -0.138. The van der Waals surface area contributed by atoms with E-state index >= 15 is 0 Å². The number of aromatic amines is 1. The highest BCUT2D eigenvalue weighted by atomic mass is 16.4.